The molecule has 3 saturated heterocycles. The number of fused-ring (bicyclic) bond motifs is 2. The van der Waals surface area contributed by atoms with Crippen LogP contribution in [0.3, 0.4) is 0 Å². The van der Waals surface area contributed by atoms with Gasteiger partial charge in [0.05, 0.1) is 30.6 Å². The van der Waals surface area contributed by atoms with E-state index in [1.54, 1.807) is 11.0 Å². The fourth-order valence-corrected chi connectivity index (χ4v) is 6.57. The zero-order valence-electron chi connectivity index (χ0n) is 20.5. The quantitative estimate of drug-likeness (QED) is 0.549. The van der Waals surface area contributed by atoms with Crippen molar-refractivity contribution in [2.45, 2.75) is 50.5 Å². The third kappa shape index (κ3) is 3.46. The van der Waals surface area contributed by atoms with E-state index >= 15 is 0 Å². The lowest BCUT2D eigenvalue weighted by atomic mass is 9.70. The molecule has 2 N–H and O–H groups in total. The molecule has 3 heterocycles. The molecule has 8 nitrogen and oxygen atoms in total. The molecule has 6 atom stereocenters. The molecule has 8 heteroatoms. The molecule has 0 aliphatic carbocycles. The van der Waals surface area contributed by atoms with Gasteiger partial charge in [0.2, 0.25) is 5.91 Å². The Hall–Kier alpha value is -3.23. The topological polar surface area (TPSA) is 107 Å². The average Bonchev–Trinajstić information content (AvgIpc) is 3.50. The van der Waals surface area contributed by atoms with Crippen LogP contribution in [0.25, 0.3) is 10.8 Å². The van der Waals surface area contributed by atoms with Gasteiger partial charge < -0.3 is 24.7 Å². The minimum absolute atomic E-state index is 0.154. The summed E-state index contributed by atoms with van der Waals surface area (Å²) in [7, 11) is 0. The third-order valence-electron chi connectivity index (χ3n) is 8.19. The number of carboxylic acid groups (broad SMARTS) is 1. The molecule has 5 rings (SSSR count). The number of amides is 2. The van der Waals surface area contributed by atoms with E-state index in [0.29, 0.717) is 18.5 Å². The van der Waals surface area contributed by atoms with E-state index in [1.807, 2.05) is 56.3 Å². The van der Waals surface area contributed by atoms with Crippen molar-refractivity contribution >= 4 is 34.2 Å². The van der Waals surface area contributed by atoms with Gasteiger partial charge in [0.25, 0.3) is 5.91 Å². The smallest absolute Gasteiger partial charge is 0.310 e. The monoisotopic (exact) mass is 492 g/mol. The maximum atomic E-state index is 14.4. The molecule has 3 aliphatic heterocycles. The van der Waals surface area contributed by atoms with Crippen LogP contribution in [0.4, 0.5) is 5.69 Å². The Balaban J connectivity index is 1.63. The van der Waals surface area contributed by atoms with Gasteiger partial charge in [-0.3, -0.25) is 14.4 Å². The molecule has 2 aromatic rings. The molecule has 3 fully saturated rings. The number of rotatable bonds is 8. The number of carbonyl (C=O) groups excluding carboxylic acids is 2. The minimum atomic E-state index is -1.24. The summed E-state index contributed by atoms with van der Waals surface area (Å²) in [6, 6.07) is 11.9. The predicted octanol–water partition coefficient (Wildman–Crippen LogP) is 2.83. The second kappa shape index (κ2) is 9.01. The summed E-state index contributed by atoms with van der Waals surface area (Å²) in [6.45, 7) is 7.45. The summed E-state index contributed by atoms with van der Waals surface area (Å²) in [5.41, 5.74) is -0.584. The van der Waals surface area contributed by atoms with E-state index in [-0.39, 0.29) is 25.0 Å². The summed E-state index contributed by atoms with van der Waals surface area (Å²) >= 11 is 0. The van der Waals surface area contributed by atoms with Gasteiger partial charge in [0.15, 0.2) is 0 Å². The number of carbonyl (C=O) groups is 3. The second-order valence-electron chi connectivity index (χ2n) is 10.4. The molecule has 3 aliphatic rings. The van der Waals surface area contributed by atoms with Crippen molar-refractivity contribution in [3.8, 4) is 0 Å². The molecule has 0 saturated carbocycles. The average molecular weight is 493 g/mol. The molecule has 2 bridgehead atoms. The number of carboxylic acids is 1. The Labute approximate surface area is 210 Å². The van der Waals surface area contributed by atoms with E-state index in [1.165, 1.54) is 4.90 Å². The van der Waals surface area contributed by atoms with Gasteiger partial charge in [-0.2, -0.15) is 0 Å². The van der Waals surface area contributed by atoms with Crippen molar-refractivity contribution in [1.82, 2.24) is 4.90 Å². The normalized spacial score (nSPS) is 29.6. The maximum absolute atomic E-state index is 14.4. The first-order valence-electron chi connectivity index (χ1n) is 12.5. The van der Waals surface area contributed by atoms with Crippen LogP contribution in [0, 0.1) is 17.8 Å². The summed E-state index contributed by atoms with van der Waals surface area (Å²) in [5, 5.41) is 22.2. The lowest BCUT2D eigenvalue weighted by Crippen LogP contribution is -2.59. The first-order valence-corrected chi connectivity index (χ1v) is 12.5. The van der Waals surface area contributed by atoms with Crippen molar-refractivity contribution in [1.29, 1.82) is 0 Å². The highest BCUT2D eigenvalue weighted by molar-refractivity contribution is 6.05. The van der Waals surface area contributed by atoms with Gasteiger partial charge in [-0.15, -0.1) is 6.58 Å². The number of anilines is 1. The second-order valence-corrected chi connectivity index (χ2v) is 10.4. The Morgan fingerprint density at radius 2 is 1.97 bits per heavy atom. The predicted molar refractivity (Wildman–Crippen MR) is 134 cm³/mol. The van der Waals surface area contributed by atoms with Crippen LogP contribution in [0.2, 0.25) is 0 Å². The Morgan fingerprint density at radius 1 is 1.25 bits per heavy atom. The molecule has 0 radical (unpaired) electrons. The highest BCUT2D eigenvalue weighted by Gasteiger charge is 2.75. The SMILES string of the molecule is C=CCN(C(=O)[C@@H]1N([C@@H](CO)C(C)C)C(=O)[C@H]2[C@H](C(=O)O)[C@@H]3CC[C@]12O3)c1ccc2ccccc2c1. The number of aliphatic hydroxyl groups is 1. The van der Waals surface area contributed by atoms with Crippen LogP contribution in [-0.2, 0) is 19.1 Å². The Kier molecular flexibility index (Phi) is 6.12. The number of hydrogen-bond donors (Lipinski definition) is 2. The number of aliphatic carboxylic acids is 1. The third-order valence-corrected chi connectivity index (χ3v) is 8.19. The molecule has 36 heavy (non-hydrogen) atoms. The van der Waals surface area contributed by atoms with E-state index < -0.39 is 47.5 Å². The van der Waals surface area contributed by atoms with Gasteiger partial charge in [-0.1, -0.05) is 50.3 Å². The van der Waals surface area contributed by atoms with Crippen molar-refractivity contribution in [3.05, 3.63) is 55.1 Å². The number of likely N-dealkylation sites (tertiary alicyclic amines) is 1. The largest absolute Gasteiger partial charge is 0.481 e. The first-order chi connectivity index (χ1) is 17.2. The van der Waals surface area contributed by atoms with Crippen molar-refractivity contribution in [2.24, 2.45) is 17.8 Å². The first kappa shape index (κ1) is 24.5. The van der Waals surface area contributed by atoms with E-state index in [2.05, 4.69) is 6.58 Å². The van der Waals surface area contributed by atoms with E-state index in [9.17, 15) is 24.6 Å². The number of hydrogen-bond acceptors (Lipinski definition) is 5. The molecule has 2 aromatic carbocycles. The van der Waals surface area contributed by atoms with Gasteiger partial charge >= 0.3 is 5.97 Å². The maximum Gasteiger partial charge on any atom is 0.310 e. The van der Waals surface area contributed by atoms with Crippen LogP contribution >= 0.6 is 0 Å². The van der Waals surface area contributed by atoms with Crippen LogP contribution < -0.4 is 4.90 Å². The van der Waals surface area contributed by atoms with Crippen molar-refractivity contribution < 1.29 is 29.3 Å². The number of nitrogens with zero attached hydrogens (tertiary/aromatic N) is 2. The van der Waals surface area contributed by atoms with Crippen LogP contribution in [-0.4, -0.2) is 69.8 Å². The molecule has 190 valence electrons. The fourth-order valence-electron chi connectivity index (χ4n) is 6.57. The van der Waals surface area contributed by atoms with Crippen molar-refractivity contribution in [3.63, 3.8) is 0 Å². The molecule has 2 amide bonds. The highest BCUT2D eigenvalue weighted by Crippen LogP contribution is 2.59. The van der Waals surface area contributed by atoms with Gasteiger partial charge in [-0.05, 0) is 41.7 Å². The zero-order valence-corrected chi connectivity index (χ0v) is 20.5. The van der Waals surface area contributed by atoms with Gasteiger partial charge in [0.1, 0.15) is 11.6 Å². The lowest BCUT2D eigenvalue weighted by Gasteiger charge is -2.40. The molecule has 0 aromatic heterocycles. The zero-order chi connectivity index (χ0) is 25.8. The molecule has 0 unspecified atom stereocenters. The van der Waals surface area contributed by atoms with Crippen LogP contribution in [0.15, 0.2) is 55.1 Å². The standard InChI is InChI=1S/C28H32N2O6/c1-4-13-29(19-10-9-17-7-5-6-8-18(17)14-19)26(33)24-28-12-11-21(36-28)22(27(34)35)23(28)25(32)30(24)20(15-31)16(2)3/h4-10,14,16,20-24,31H,1,11-13,15H2,2-3H3,(H,34,35)/t20-,21-,22+,23+,24-,28+/m0/s1. The van der Waals surface area contributed by atoms with Crippen LogP contribution in [0.5, 0.6) is 0 Å². The Morgan fingerprint density at radius 3 is 2.61 bits per heavy atom. The summed E-state index contributed by atoms with van der Waals surface area (Å²) in [5.74, 6) is -3.99. The van der Waals surface area contributed by atoms with Crippen molar-refractivity contribution in [2.75, 3.05) is 18.1 Å². The fraction of sp³-hybridized carbons (Fsp3) is 0.464. The number of aliphatic hydroxyl groups excluding tert-OH is 1. The van der Waals surface area contributed by atoms with Gasteiger partial charge in [-0.25, -0.2) is 0 Å². The summed E-state index contributed by atoms with van der Waals surface area (Å²) in [6.07, 6.45) is 1.92. The summed E-state index contributed by atoms with van der Waals surface area (Å²) < 4.78 is 6.30. The number of ether oxygens (including phenoxy) is 1. The van der Waals surface area contributed by atoms with Gasteiger partial charge in [0, 0.05) is 12.2 Å². The number of benzene rings is 2. The lowest BCUT2D eigenvalue weighted by molar-refractivity contribution is -0.151. The van der Waals surface area contributed by atoms with E-state index in [4.69, 9.17) is 4.74 Å². The Bertz CT molecular complexity index is 1230. The minimum Gasteiger partial charge on any atom is -0.481 e. The van der Waals surface area contributed by atoms with Crippen LogP contribution in [0.1, 0.15) is 26.7 Å². The summed E-state index contributed by atoms with van der Waals surface area (Å²) in [4.78, 5) is 43.6. The molecular formula is C28H32N2O6. The molecule has 1 spiro atoms. The molecular weight excluding hydrogens is 460 g/mol. The van der Waals surface area contributed by atoms with E-state index in [0.717, 1.165) is 10.8 Å². The highest BCUT2D eigenvalue weighted by atomic mass is 16.5.